The number of hydrogen-bond donors (Lipinski definition) is 5. The van der Waals surface area contributed by atoms with Crippen molar-refractivity contribution in [3.8, 4) is 0 Å². The van der Waals surface area contributed by atoms with Gasteiger partial charge in [-0.25, -0.2) is 10.2 Å². The van der Waals surface area contributed by atoms with E-state index < -0.39 is 17.9 Å². The number of amides is 1. The predicted molar refractivity (Wildman–Crippen MR) is 127 cm³/mol. The Hall–Kier alpha value is -2.36. The summed E-state index contributed by atoms with van der Waals surface area (Å²) in [6, 6.07) is 3.75. The van der Waals surface area contributed by atoms with Crippen molar-refractivity contribution in [1.82, 2.24) is 15.8 Å². The van der Waals surface area contributed by atoms with Crippen LogP contribution in [0.25, 0.3) is 0 Å². The summed E-state index contributed by atoms with van der Waals surface area (Å²) < 4.78 is 0. The molecule has 0 aromatic heterocycles. The lowest BCUT2D eigenvalue weighted by Gasteiger charge is -2.30. The third-order valence-corrected chi connectivity index (χ3v) is 6.40. The second kappa shape index (κ2) is 13.4. The van der Waals surface area contributed by atoms with Crippen LogP contribution in [0.3, 0.4) is 0 Å². The van der Waals surface area contributed by atoms with Crippen LogP contribution in [0.15, 0.2) is 18.2 Å². The van der Waals surface area contributed by atoms with Gasteiger partial charge in [-0.3, -0.25) is 20.0 Å². The van der Waals surface area contributed by atoms with Gasteiger partial charge in [-0.15, -0.1) is 0 Å². The molecule has 0 radical (unpaired) electrons. The Labute approximate surface area is 203 Å². The van der Waals surface area contributed by atoms with Crippen molar-refractivity contribution >= 4 is 46.8 Å². The molecule has 1 aliphatic rings. The first-order valence-corrected chi connectivity index (χ1v) is 11.8. The van der Waals surface area contributed by atoms with Crippen molar-refractivity contribution in [3.05, 3.63) is 33.8 Å². The van der Waals surface area contributed by atoms with Gasteiger partial charge >= 0.3 is 5.97 Å². The van der Waals surface area contributed by atoms with Crippen LogP contribution in [0.5, 0.6) is 0 Å². The predicted octanol–water partition coefficient (Wildman–Crippen LogP) is 3.08. The Balaban J connectivity index is 2.13. The number of rotatable bonds is 12. The Morgan fingerprint density at radius 2 is 1.88 bits per heavy atom. The van der Waals surface area contributed by atoms with E-state index in [1.54, 1.807) is 18.2 Å². The number of guanidine groups is 1. The van der Waals surface area contributed by atoms with Crippen LogP contribution in [0, 0.1) is 11.3 Å². The average Bonchev–Trinajstić information content (AvgIpc) is 2.77. The zero-order valence-electron chi connectivity index (χ0n) is 18.4. The van der Waals surface area contributed by atoms with Crippen LogP contribution in [0.4, 0.5) is 0 Å². The number of aliphatic carboxylic acids is 1. The standard InChI is InChI=1S/C22H31Cl2N5O4/c23-16-9-8-14(11-17(16)24)13-28-29(18(21(32)33)7-4-10-27-22(25)26)20(31)12-19(30)15-5-2-1-3-6-15/h8-9,11,15,18,28H,1-7,10,12-13H2,(H,32,33)(H4,25,26,27)/t18-/m0/s1. The minimum atomic E-state index is -1.20. The van der Waals surface area contributed by atoms with Crippen LogP contribution in [0.2, 0.25) is 10.0 Å². The lowest BCUT2D eigenvalue weighted by Crippen LogP contribution is -2.53. The number of carboxylic acid groups (broad SMARTS) is 1. The smallest absolute Gasteiger partial charge is 0.328 e. The van der Waals surface area contributed by atoms with Crippen molar-refractivity contribution in [2.45, 2.75) is 64.0 Å². The van der Waals surface area contributed by atoms with E-state index in [-0.39, 0.29) is 43.6 Å². The second-order valence-corrected chi connectivity index (χ2v) is 8.98. The van der Waals surface area contributed by atoms with Gasteiger partial charge < -0.3 is 16.2 Å². The maximum Gasteiger partial charge on any atom is 0.328 e. The summed E-state index contributed by atoms with van der Waals surface area (Å²) >= 11 is 12.0. The summed E-state index contributed by atoms with van der Waals surface area (Å²) in [5.74, 6) is -2.30. The number of ketones is 1. The lowest BCUT2D eigenvalue weighted by atomic mass is 9.85. The minimum absolute atomic E-state index is 0.105. The van der Waals surface area contributed by atoms with E-state index in [9.17, 15) is 19.5 Å². The monoisotopic (exact) mass is 499 g/mol. The number of carboxylic acids is 1. The first-order valence-electron chi connectivity index (χ1n) is 11.0. The van der Waals surface area contributed by atoms with Gasteiger partial charge in [0.25, 0.3) is 0 Å². The quantitative estimate of drug-likeness (QED) is 0.0974. The summed E-state index contributed by atoms with van der Waals surface area (Å²) in [5.41, 5.74) is 8.84. The van der Waals surface area contributed by atoms with Gasteiger partial charge in [-0.05, 0) is 43.4 Å². The Morgan fingerprint density at radius 3 is 2.48 bits per heavy atom. The SMILES string of the molecule is N=C(N)NCCC[C@@H](C(=O)O)N(NCc1ccc(Cl)c(Cl)c1)C(=O)CC(=O)C1CCCCC1. The summed E-state index contributed by atoms with van der Waals surface area (Å²) in [5, 5.41) is 21.4. The second-order valence-electron chi connectivity index (χ2n) is 8.16. The highest BCUT2D eigenvalue weighted by atomic mass is 35.5. The number of hydrazine groups is 1. The van der Waals surface area contributed by atoms with Crippen LogP contribution in [-0.2, 0) is 20.9 Å². The van der Waals surface area contributed by atoms with Gasteiger partial charge in [0.1, 0.15) is 11.8 Å². The van der Waals surface area contributed by atoms with Gasteiger partial charge in [0.15, 0.2) is 5.96 Å². The van der Waals surface area contributed by atoms with Gasteiger partial charge in [0.2, 0.25) is 5.91 Å². The maximum atomic E-state index is 13.1. The number of carbonyl (C=O) groups excluding carboxylic acids is 2. The summed E-state index contributed by atoms with van der Waals surface area (Å²) in [6.07, 6.45) is 4.65. The molecule has 0 heterocycles. The van der Waals surface area contributed by atoms with Gasteiger partial charge in [0.05, 0.1) is 16.5 Å². The highest BCUT2D eigenvalue weighted by Gasteiger charge is 2.32. The molecule has 33 heavy (non-hydrogen) atoms. The van der Waals surface area contributed by atoms with E-state index >= 15 is 0 Å². The molecule has 9 nitrogen and oxygen atoms in total. The fourth-order valence-electron chi connectivity index (χ4n) is 3.88. The number of halogens is 2. The first kappa shape index (κ1) is 26.9. The van der Waals surface area contributed by atoms with Gasteiger partial charge in [-0.2, -0.15) is 0 Å². The molecule has 6 N–H and O–H groups in total. The molecule has 11 heteroatoms. The van der Waals surface area contributed by atoms with Gasteiger partial charge in [0, 0.05) is 19.0 Å². The topological polar surface area (TPSA) is 149 Å². The summed E-state index contributed by atoms with van der Waals surface area (Å²) in [7, 11) is 0. The molecule has 1 saturated carbocycles. The summed E-state index contributed by atoms with van der Waals surface area (Å²) in [4.78, 5) is 37.8. The third kappa shape index (κ3) is 8.83. The molecule has 0 aliphatic heterocycles. The Kier molecular flexibility index (Phi) is 10.9. The average molecular weight is 500 g/mol. The van der Waals surface area contributed by atoms with Gasteiger partial charge in [-0.1, -0.05) is 48.5 Å². The normalized spacial score (nSPS) is 15.0. The molecule has 1 aromatic rings. The number of carbonyl (C=O) groups is 3. The van der Waals surface area contributed by atoms with Crippen molar-refractivity contribution in [1.29, 1.82) is 5.41 Å². The molecular weight excluding hydrogens is 469 g/mol. The van der Waals surface area contributed by atoms with E-state index in [0.717, 1.165) is 37.1 Å². The number of nitrogens with one attached hydrogen (secondary N) is 3. The zero-order chi connectivity index (χ0) is 24.4. The third-order valence-electron chi connectivity index (χ3n) is 5.66. The van der Waals surface area contributed by atoms with Crippen LogP contribution in [-0.4, -0.2) is 46.3 Å². The number of nitrogens with two attached hydrogens (primary N) is 1. The Morgan fingerprint density at radius 1 is 1.18 bits per heavy atom. The van der Waals surface area contributed by atoms with Crippen molar-refractivity contribution in [2.24, 2.45) is 11.7 Å². The number of Topliss-reactive ketones (excluding diaryl/α,β-unsaturated/α-hetero) is 1. The number of benzene rings is 1. The zero-order valence-corrected chi connectivity index (χ0v) is 19.9. The molecule has 1 aromatic carbocycles. The largest absolute Gasteiger partial charge is 0.480 e. The molecule has 0 spiro atoms. The van der Waals surface area contributed by atoms with Crippen molar-refractivity contribution in [2.75, 3.05) is 6.54 Å². The number of nitrogens with zero attached hydrogens (tertiary/aromatic N) is 1. The minimum Gasteiger partial charge on any atom is -0.480 e. The molecule has 1 amide bonds. The first-order chi connectivity index (χ1) is 15.7. The molecule has 0 unspecified atom stereocenters. The number of hydrogen-bond acceptors (Lipinski definition) is 5. The van der Waals surface area contributed by atoms with E-state index in [4.69, 9.17) is 34.3 Å². The molecule has 0 bridgehead atoms. The highest BCUT2D eigenvalue weighted by molar-refractivity contribution is 6.42. The summed E-state index contributed by atoms with van der Waals surface area (Å²) in [6.45, 7) is 0.407. The van der Waals surface area contributed by atoms with Crippen LogP contribution in [0.1, 0.15) is 56.9 Å². The molecule has 182 valence electrons. The molecular formula is C22H31Cl2N5O4. The highest BCUT2D eigenvalue weighted by Crippen LogP contribution is 2.26. The maximum absolute atomic E-state index is 13.1. The van der Waals surface area contributed by atoms with Crippen LogP contribution < -0.4 is 16.5 Å². The van der Waals surface area contributed by atoms with E-state index in [1.165, 1.54) is 0 Å². The molecule has 1 fully saturated rings. The fourth-order valence-corrected chi connectivity index (χ4v) is 4.20. The molecule has 2 rings (SSSR count). The lowest BCUT2D eigenvalue weighted by molar-refractivity contribution is -0.155. The van der Waals surface area contributed by atoms with Crippen molar-refractivity contribution in [3.63, 3.8) is 0 Å². The van der Waals surface area contributed by atoms with Crippen molar-refractivity contribution < 1.29 is 19.5 Å². The van der Waals surface area contributed by atoms with E-state index in [2.05, 4.69) is 10.7 Å². The Bertz CT molecular complexity index is 861. The molecule has 1 aliphatic carbocycles. The van der Waals surface area contributed by atoms with Crippen LogP contribution >= 0.6 is 23.2 Å². The molecule has 1 atom stereocenters. The fraction of sp³-hybridized carbons (Fsp3) is 0.545. The molecule has 0 saturated heterocycles. The van der Waals surface area contributed by atoms with E-state index in [1.807, 2.05) is 0 Å². The van der Waals surface area contributed by atoms with E-state index in [0.29, 0.717) is 22.0 Å².